The van der Waals surface area contributed by atoms with Crippen molar-refractivity contribution in [3.63, 3.8) is 0 Å². The van der Waals surface area contributed by atoms with Crippen LogP contribution >= 0.6 is 11.6 Å². The van der Waals surface area contributed by atoms with E-state index < -0.39 is 11.5 Å². The monoisotopic (exact) mass is 506 g/mol. The van der Waals surface area contributed by atoms with Gasteiger partial charge >= 0.3 is 0 Å². The van der Waals surface area contributed by atoms with E-state index in [2.05, 4.69) is 35.4 Å². The molecule has 1 aromatic heterocycles. The van der Waals surface area contributed by atoms with Gasteiger partial charge in [-0.05, 0) is 98.1 Å². The third-order valence-corrected chi connectivity index (χ3v) is 9.04. The van der Waals surface area contributed by atoms with Crippen molar-refractivity contribution in [3.8, 4) is 11.4 Å². The predicted octanol–water partition coefficient (Wildman–Crippen LogP) is 6.96. The lowest BCUT2D eigenvalue weighted by atomic mass is 9.60. The van der Waals surface area contributed by atoms with E-state index in [1.807, 2.05) is 24.3 Å². The van der Waals surface area contributed by atoms with Crippen LogP contribution in [0.25, 0.3) is 11.4 Å². The Balaban J connectivity index is 1.47. The van der Waals surface area contributed by atoms with E-state index in [1.165, 1.54) is 19.4 Å². The Kier molecular flexibility index (Phi) is 7.41. The third-order valence-electron chi connectivity index (χ3n) is 8.71. The molecular formula is C27H37ClF2N4O. The summed E-state index contributed by atoms with van der Waals surface area (Å²) in [6, 6.07) is 7.55. The van der Waals surface area contributed by atoms with Crippen molar-refractivity contribution in [2.75, 3.05) is 0 Å². The minimum absolute atomic E-state index is 0.111. The van der Waals surface area contributed by atoms with E-state index >= 15 is 0 Å². The fourth-order valence-corrected chi connectivity index (χ4v) is 6.76. The van der Waals surface area contributed by atoms with E-state index in [9.17, 15) is 13.9 Å². The van der Waals surface area contributed by atoms with Crippen molar-refractivity contribution in [2.45, 2.75) is 90.7 Å². The molecule has 0 bridgehead atoms. The van der Waals surface area contributed by atoms with Crippen LogP contribution in [0.1, 0.15) is 72.6 Å². The first-order valence-corrected chi connectivity index (χ1v) is 13.1. The summed E-state index contributed by atoms with van der Waals surface area (Å²) in [4.78, 5) is 0. The Morgan fingerprint density at radius 2 is 2.03 bits per heavy atom. The van der Waals surface area contributed by atoms with E-state index in [1.54, 1.807) is 4.68 Å². The molecule has 1 aromatic carbocycles. The fourth-order valence-electron chi connectivity index (χ4n) is 6.54. The molecular weight excluding hydrogens is 470 g/mol. The molecule has 2 fully saturated rings. The van der Waals surface area contributed by atoms with E-state index in [0.29, 0.717) is 35.6 Å². The quantitative estimate of drug-likeness (QED) is 0.393. The van der Waals surface area contributed by atoms with Crippen LogP contribution in [0.15, 0.2) is 35.9 Å². The van der Waals surface area contributed by atoms with Crippen molar-refractivity contribution in [3.05, 3.63) is 40.9 Å². The summed E-state index contributed by atoms with van der Waals surface area (Å²) in [5.74, 6) is -1.39. The van der Waals surface area contributed by atoms with Crippen LogP contribution in [0.3, 0.4) is 0 Å². The Morgan fingerprint density at radius 1 is 1.29 bits per heavy atom. The number of nitrogens with zero attached hydrogens (tertiary/aromatic N) is 4. The number of benzene rings is 1. The lowest BCUT2D eigenvalue weighted by molar-refractivity contribution is -0.168. The SMILES string of the molecule is C[C@H](CCC(F)(F)C(C)(C)O)[C@H]1CC[C@H]2/C(=C/Cn3nnnc3-c3ccccc3Cl)CCC[C@]12C. The maximum atomic E-state index is 14.4. The normalized spacial score (nSPS) is 27.3. The molecule has 5 nitrogen and oxygen atoms in total. The molecule has 0 spiro atoms. The molecule has 0 unspecified atom stereocenters. The predicted molar refractivity (Wildman–Crippen MR) is 134 cm³/mol. The van der Waals surface area contributed by atoms with Crippen LogP contribution in [-0.4, -0.2) is 36.8 Å². The number of tetrazole rings is 1. The van der Waals surface area contributed by atoms with Gasteiger partial charge < -0.3 is 5.11 Å². The summed E-state index contributed by atoms with van der Waals surface area (Å²) >= 11 is 6.37. The number of allylic oxidation sites excluding steroid dienone is 2. The molecule has 2 aliphatic carbocycles. The van der Waals surface area contributed by atoms with Gasteiger partial charge in [-0.2, -0.15) is 0 Å². The van der Waals surface area contributed by atoms with Gasteiger partial charge in [-0.1, -0.05) is 49.2 Å². The number of halogens is 3. The van der Waals surface area contributed by atoms with Gasteiger partial charge in [0.25, 0.3) is 5.92 Å². The topological polar surface area (TPSA) is 63.8 Å². The Bertz CT molecular complexity index is 1060. The second-order valence-corrected chi connectivity index (χ2v) is 11.7. The Hall–Kier alpha value is -1.86. The second kappa shape index (κ2) is 9.89. The number of rotatable bonds is 8. The minimum Gasteiger partial charge on any atom is -0.384 e. The maximum Gasteiger partial charge on any atom is 0.275 e. The van der Waals surface area contributed by atoms with E-state index in [-0.39, 0.29) is 17.8 Å². The molecule has 192 valence electrons. The molecule has 2 aromatic rings. The highest BCUT2D eigenvalue weighted by atomic mass is 35.5. The summed E-state index contributed by atoms with van der Waals surface area (Å²) in [6.45, 7) is 7.45. The van der Waals surface area contributed by atoms with Crippen molar-refractivity contribution in [1.29, 1.82) is 0 Å². The number of fused-ring (bicyclic) bond motifs is 1. The molecule has 35 heavy (non-hydrogen) atoms. The van der Waals surface area contributed by atoms with E-state index in [4.69, 9.17) is 11.6 Å². The van der Waals surface area contributed by atoms with Crippen LogP contribution in [0, 0.1) is 23.2 Å². The highest BCUT2D eigenvalue weighted by Crippen LogP contribution is 2.60. The maximum absolute atomic E-state index is 14.4. The zero-order valence-electron chi connectivity index (χ0n) is 21.1. The smallest absolute Gasteiger partial charge is 0.275 e. The Morgan fingerprint density at radius 3 is 2.74 bits per heavy atom. The summed E-state index contributed by atoms with van der Waals surface area (Å²) in [5.41, 5.74) is 0.369. The fraction of sp³-hybridized carbons (Fsp3) is 0.667. The van der Waals surface area contributed by atoms with Crippen molar-refractivity contribution >= 4 is 11.6 Å². The number of aliphatic hydroxyl groups is 1. The molecule has 1 N–H and O–H groups in total. The van der Waals surface area contributed by atoms with Crippen LogP contribution in [0.2, 0.25) is 5.02 Å². The highest BCUT2D eigenvalue weighted by molar-refractivity contribution is 6.33. The first kappa shape index (κ1) is 26.2. The lowest BCUT2D eigenvalue weighted by Gasteiger charge is -2.44. The molecule has 4 rings (SSSR count). The molecule has 1 heterocycles. The van der Waals surface area contributed by atoms with Crippen LogP contribution in [-0.2, 0) is 6.54 Å². The number of hydrogen-bond donors (Lipinski definition) is 1. The van der Waals surface area contributed by atoms with Crippen molar-refractivity contribution < 1.29 is 13.9 Å². The number of alkyl halides is 2. The van der Waals surface area contributed by atoms with Crippen LogP contribution in [0.5, 0.6) is 0 Å². The molecule has 0 amide bonds. The summed E-state index contributed by atoms with van der Waals surface area (Å²) in [7, 11) is 0. The molecule has 2 saturated carbocycles. The average molecular weight is 507 g/mol. The first-order valence-electron chi connectivity index (χ1n) is 12.7. The number of aromatic nitrogens is 4. The minimum atomic E-state index is -3.08. The highest BCUT2D eigenvalue weighted by Gasteiger charge is 2.51. The number of hydrogen-bond acceptors (Lipinski definition) is 4. The zero-order valence-corrected chi connectivity index (χ0v) is 21.9. The second-order valence-electron chi connectivity index (χ2n) is 11.3. The van der Waals surface area contributed by atoms with Gasteiger partial charge in [0.15, 0.2) is 5.82 Å². The van der Waals surface area contributed by atoms with Gasteiger partial charge in [0.1, 0.15) is 5.60 Å². The van der Waals surface area contributed by atoms with Gasteiger partial charge in [-0.15, -0.1) is 5.10 Å². The van der Waals surface area contributed by atoms with Gasteiger partial charge in [-0.25, -0.2) is 13.5 Å². The average Bonchev–Trinajstić information content (AvgIpc) is 3.39. The molecule has 0 saturated heterocycles. The summed E-state index contributed by atoms with van der Waals surface area (Å²) in [5, 5.41) is 22.7. The van der Waals surface area contributed by atoms with Gasteiger partial charge in [0.05, 0.1) is 11.6 Å². The van der Waals surface area contributed by atoms with Crippen molar-refractivity contribution in [1.82, 2.24) is 20.2 Å². The molecule has 0 radical (unpaired) electrons. The van der Waals surface area contributed by atoms with Crippen LogP contribution in [0.4, 0.5) is 8.78 Å². The third kappa shape index (κ3) is 5.17. The van der Waals surface area contributed by atoms with E-state index in [0.717, 1.165) is 37.7 Å². The molecule has 2 aliphatic rings. The summed E-state index contributed by atoms with van der Waals surface area (Å²) < 4.78 is 30.6. The molecule has 4 atom stereocenters. The lowest BCUT2D eigenvalue weighted by Crippen LogP contribution is -2.43. The standard InChI is InChI=1S/C27H37ClF2N4O/c1-18(13-16-27(29,30)25(2,3)35)21-11-12-22-19(8-7-15-26(21,22)4)14-17-34-24(31-32-33-34)20-9-5-6-10-23(20)28/h5-6,9-10,14,18,21-22,35H,7-8,11-13,15-17H2,1-4H3/b19-14+/t18-,21-,22+,26-/m1/s1. The summed E-state index contributed by atoms with van der Waals surface area (Å²) in [6.07, 6.45) is 7.86. The molecule has 0 aliphatic heterocycles. The first-order chi connectivity index (χ1) is 16.4. The molecule has 8 heteroatoms. The van der Waals surface area contributed by atoms with Gasteiger partial charge in [-0.3, -0.25) is 0 Å². The van der Waals surface area contributed by atoms with Crippen molar-refractivity contribution in [2.24, 2.45) is 23.2 Å². The van der Waals surface area contributed by atoms with Gasteiger partial charge in [0.2, 0.25) is 0 Å². The van der Waals surface area contributed by atoms with Crippen LogP contribution < -0.4 is 0 Å². The Labute approximate surface area is 211 Å². The largest absolute Gasteiger partial charge is 0.384 e. The van der Waals surface area contributed by atoms with Gasteiger partial charge in [0, 0.05) is 12.0 Å². The zero-order chi connectivity index (χ0) is 25.4.